The number of pyridine rings is 1. The van der Waals surface area contributed by atoms with Crippen molar-refractivity contribution in [1.29, 1.82) is 0 Å². The molecule has 2 aliphatic heterocycles. The van der Waals surface area contributed by atoms with Crippen molar-refractivity contribution in [2.45, 2.75) is 13.0 Å². The molecule has 1 N–H and O–H groups in total. The summed E-state index contributed by atoms with van der Waals surface area (Å²) in [5.74, 6) is 1.82. The second-order valence-electron chi connectivity index (χ2n) is 6.37. The molecule has 2 aromatic rings. The molecule has 1 aromatic heterocycles. The molecular weight excluding hydrogens is 338 g/mol. The van der Waals surface area contributed by atoms with Gasteiger partial charge < -0.3 is 29.0 Å². The number of likely N-dealkylation sites (tertiary alicyclic amines) is 1. The van der Waals surface area contributed by atoms with Crippen molar-refractivity contribution in [3.8, 4) is 17.2 Å². The normalized spacial score (nSPS) is 15.5. The summed E-state index contributed by atoms with van der Waals surface area (Å²) in [5.41, 5.74) is 1.35. The average molecular weight is 357 g/mol. The summed E-state index contributed by atoms with van der Waals surface area (Å²) < 4.78 is 17.9. The minimum Gasteiger partial charge on any atom is -0.486 e. The lowest BCUT2D eigenvalue weighted by atomic mass is 10.2. The molecule has 136 valence electrons. The standard InChI is InChI=1S/C18H19N3O5/c1-11-5-13(7-17(22)20(11)2)26-14-8-21(9-14)18(23)19-12-3-4-15-16(6-12)25-10-24-15/h3-7,14H,8-10H2,1-2H3,(H,19,23). The SMILES string of the molecule is Cc1cc(OC2CN(C(=O)Nc3ccc4c(c3)OCO4)C2)cc(=O)n1C. The Morgan fingerprint density at radius 3 is 2.73 bits per heavy atom. The fourth-order valence-corrected chi connectivity index (χ4v) is 2.85. The largest absolute Gasteiger partial charge is 0.486 e. The number of benzene rings is 1. The highest BCUT2D eigenvalue weighted by molar-refractivity contribution is 5.90. The third-order valence-electron chi connectivity index (χ3n) is 4.54. The number of nitrogens with zero attached hydrogens (tertiary/aromatic N) is 2. The van der Waals surface area contributed by atoms with Gasteiger partial charge in [0.1, 0.15) is 11.9 Å². The number of hydrogen-bond acceptors (Lipinski definition) is 5. The first-order chi connectivity index (χ1) is 12.5. The van der Waals surface area contributed by atoms with E-state index in [4.69, 9.17) is 14.2 Å². The van der Waals surface area contributed by atoms with Gasteiger partial charge in [0.2, 0.25) is 6.79 Å². The van der Waals surface area contributed by atoms with E-state index in [0.29, 0.717) is 36.0 Å². The number of carbonyl (C=O) groups is 1. The number of rotatable bonds is 3. The van der Waals surface area contributed by atoms with E-state index in [9.17, 15) is 9.59 Å². The Kier molecular flexibility index (Phi) is 3.95. The maximum atomic E-state index is 12.3. The third kappa shape index (κ3) is 3.05. The third-order valence-corrected chi connectivity index (χ3v) is 4.54. The highest BCUT2D eigenvalue weighted by Gasteiger charge is 2.32. The van der Waals surface area contributed by atoms with E-state index in [2.05, 4.69) is 5.32 Å². The summed E-state index contributed by atoms with van der Waals surface area (Å²) in [6.45, 7) is 2.97. The van der Waals surface area contributed by atoms with Gasteiger partial charge in [0.25, 0.3) is 5.56 Å². The molecule has 1 fully saturated rings. The van der Waals surface area contributed by atoms with Gasteiger partial charge in [-0.15, -0.1) is 0 Å². The molecule has 0 atom stereocenters. The number of aryl methyl sites for hydroxylation is 1. The minimum absolute atomic E-state index is 0.114. The molecule has 0 aliphatic carbocycles. The Morgan fingerprint density at radius 2 is 1.96 bits per heavy atom. The van der Waals surface area contributed by atoms with Crippen LogP contribution in [0.25, 0.3) is 0 Å². The molecule has 0 bridgehead atoms. The molecule has 4 rings (SSSR count). The molecule has 3 heterocycles. The molecule has 2 aliphatic rings. The number of carbonyl (C=O) groups excluding carboxylic acids is 1. The first-order valence-electron chi connectivity index (χ1n) is 8.29. The summed E-state index contributed by atoms with van der Waals surface area (Å²) in [7, 11) is 1.72. The molecule has 0 saturated carbocycles. The molecule has 1 saturated heterocycles. The van der Waals surface area contributed by atoms with Gasteiger partial charge in [0.05, 0.1) is 13.1 Å². The summed E-state index contributed by atoms with van der Waals surface area (Å²) in [4.78, 5) is 25.7. The van der Waals surface area contributed by atoms with E-state index in [1.165, 1.54) is 6.07 Å². The average Bonchev–Trinajstić information content (AvgIpc) is 3.03. The lowest BCUT2D eigenvalue weighted by Gasteiger charge is -2.38. The molecule has 0 spiro atoms. The monoisotopic (exact) mass is 357 g/mol. The van der Waals surface area contributed by atoms with Gasteiger partial charge in [-0.2, -0.15) is 0 Å². The number of fused-ring (bicyclic) bond motifs is 1. The first-order valence-corrected chi connectivity index (χ1v) is 8.29. The molecule has 1 aromatic carbocycles. The molecule has 0 unspecified atom stereocenters. The molecule has 0 radical (unpaired) electrons. The Hall–Kier alpha value is -3.16. The Balaban J connectivity index is 1.32. The fraction of sp³-hybridized carbons (Fsp3) is 0.333. The summed E-state index contributed by atoms with van der Waals surface area (Å²) in [6, 6.07) is 8.33. The van der Waals surface area contributed by atoms with Gasteiger partial charge >= 0.3 is 6.03 Å². The number of anilines is 1. The lowest BCUT2D eigenvalue weighted by Crippen LogP contribution is -2.57. The lowest BCUT2D eigenvalue weighted by molar-refractivity contribution is 0.0490. The molecule has 8 nitrogen and oxygen atoms in total. The van der Waals surface area contributed by atoms with E-state index in [1.807, 2.05) is 13.0 Å². The van der Waals surface area contributed by atoms with Crippen LogP contribution in [-0.2, 0) is 7.05 Å². The molecular formula is C18H19N3O5. The predicted octanol–water partition coefficient (Wildman–Crippen LogP) is 1.72. The summed E-state index contributed by atoms with van der Waals surface area (Å²) in [5, 5.41) is 2.83. The van der Waals surface area contributed by atoms with Crippen LogP contribution in [0.1, 0.15) is 5.69 Å². The first kappa shape index (κ1) is 16.3. The molecule has 8 heteroatoms. The number of hydrogen-bond donors (Lipinski definition) is 1. The van der Waals surface area contributed by atoms with E-state index in [1.54, 1.807) is 34.7 Å². The van der Waals surface area contributed by atoms with Crippen LogP contribution in [0.2, 0.25) is 0 Å². The summed E-state index contributed by atoms with van der Waals surface area (Å²) >= 11 is 0. The number of amides is 2. The Bertz CT molecular complexity index is 918. The van der Waals surface area contributed by atoms with E-state index < -0.39 is 0 Å². The maximum Gasteiger partial charge on any atom is 0.322 e. The van der Waals surface area contributed by atoms with Crippen molar-refractivity contribution in [2.24, 2.45) is 7.05 Å². The molecule has 2 amide bonds. The number of nitrogens with one attached hydrogen (secondary N) is 1. The fourth-order valence-electron chi connectivity index (χ4n) is 2.85. The van der Waals surface area contributed by atoms with Crippen molar-refractivity contribution in [1.82, 2.24) is 9.47 Å². The topological polar surface area (TPSA) is 82.0 Å². The zero-order valence-electron chi connectivity index (χ0n) is 14.5. The van der Waals surface area contributed by atoms with E-state index in [0.717, 1.165) is 5.69 Å². The van der Waals surface area contributed by atoms with E-state index in [-0.39, 0.29) is 24.5 Å². The number of ether oxygens (including phenoxy) is 3. The van der Waals surface area contributed by atoms with Crippen molar-refractivity contribution in [3.05, 3.63) is 46.4 Å². The van der Waals surface area contributed by atoms with Crippen LogP contribution in [0.5, 0.6) is 17.2 Å². The van der Waals surface area contributed by atoms with Crippen molar-refractivity contribution in [2.75, 3.05) is 25.2 Å². The maximum absolute atomic E-state index is 12.3. The van der Waals surface area contributed by atoms with Crippen LogP contribution >= 0.6 is 0 Å². The smallest absolute Gasteiger partial charge is 0.322 e. The predicted molar refractivity (Wildman–Crippen MR) is 94.0 cm³/mol. The van der Waals surface area contributed by atoms with Gasteiger partial charge in [-0.1, -0.05) is 0 Å². The highest BCUT2D eigenvalue weighted by Crippen LogP contribution is 2.34. The zero-order valence-corrected chi connectivity index (χ0v) is 14.5. The van der Waals surface area contributed by atoms with Gasteiger partial charge in [-0.05, 0) is 25.1 Å². The minimum atomic E-state index is -0.205. The van der Waals surface area contributed by atoms with Crippen LogP contribution in [-0.4, -0.2) is 41.5 Å². The quantitative estimate of drug-likeness (QED) is 0.904. The number of aromatic nitrogens is 1. The Labute approximate surface area is 149 Å². The van der Waals surface area contributed by atoms with Crippen molar-refractivity contribution < 1.29 is 19.0 Å². The van der Waals surface area contributed by atoms with Crippen LogP contribution in [0.4, 0.5) is 10.5 Å². The van der Waals surface area contributed by atoms with Crippen LogP contribution in [0.15, 0.2) is 35.1 Å². The van der Waals surface area contributed by atoms with Crippen LogP contribution in [0.3, 0.4) is 0 Å². The van der Waals surface area contributed by atoms with Gasteiger partial charge in [-0.25, -0.2) is 4.79 Å². The zero-order chi connectivity index (χ0) is 18.3. The second-order valence-corrected chi connectivity index (χ2v) is 6.37. The van der Waals surface area contributed by atoms with Crippen LogP contribution < -0.4 is 25.1 Å². The van der Waals surface area contributed by atoms with Gasteiger partial charge in [-0.3, -0.25) is 4.79 Å². The highest BCUT2D eigenvalue weighted by atomic mass is 16.7. The molecule has 26 heavy (non-hydrogen) atoms. The van der Waals surface area contributed by atoms with E-state index >= 15 is 0 Å². The summed E-state index contributed by atoms with van der Waals surface area (Å²) in [6.07, 6.45) is -0.121. The number of urea groups is 1. The van der Waals surface area contributed by atoms with Gasteiger partial charge in [0, 0.05) is 30.6 Å². The second kappa shape index (κ2) is 6.29. The van der Waals surface area contributed by atoms with Crippen molar-refractivity contribution in [3.63, 3.8) is 0 Å². The Morgan fingerprint density at radius 1 is 1.19 bits per heavy atom. The van der Waals surface area contributed by atoms with Crippen LogP contribution in [0, 0.1) is 6.92 Å². The van der Waals surface area contributed by atoms with Crippen molar-refractivity contribution >= 4 is 11.7 Å². The van der Waals surface area contributed by atoms with Gasteiger partial charge in [0.15, 0.2) is 11.5 Å².